The number of rotatable bonds is 7. The van der Waals surface area contributed by atoms with Gasteiger partial charge in [-0.1, -0.05) is 31.5 Å². The first-order valence-electron chi connectivity index (χ1n) is 8.26. The number of para-hydroxylation sites is 1. The lowest BCUT2D eigenvalue weighted by atomic mass is 9.84. The zero-order valence-electron chi connectivity index (χ0n) is 12.6. The van der Waals surface area contributed by atoms with Gasteiger partial charge in [0.2, 0.25) is 0 Å². The average Bonchev–Trinajstić information content (AvgIpc) is 3.09. The highest BCUT2D eigenvalue weighted by molar-refractivity contribution is 5.20. The molecule has 1 N–H and O–H groups in total. The monoisotopic (exact) mass is 273 g/mol. The molecule has 3 rings (SSSR count). The first-order chi connectivity index (χ1) is 9.85. The fourth-order valence-corrected chi connectivity index (χ4v) is 4.24. The molecular formula is C18H27NO. The highest BCUT2D eigenvalue weighted by Gasteiger charge is 2.40. The van der Waals surface area contributed by atoms with Crippen molar-refractivity contribution in [3.63, 3.8) is 0 Å². The zero-order chi connectivity index (χ0) is 13.8. The van der Waals surface area contributed by atoms with Crippen molar-refractivity contribution in [1.82, 2.24) is 5.32 Å². The number of hydrogen-bond acceptors (Lipinski definition) is 2. The largest absolute Gasteiger partial charge is 0.492 e. The molecule has 0 spiro atoms. The second-order valence-electron chi connectivity index (χ2n) is 6.55. The van der Waals surface area contributed by atoms with Crippen molar-refractivity contribution in [1.29, 1.82) is 0 Å². The average molecular weight is 273 g/mol. The van der Waals surface area contributed by atoms with E-state index >= 15 is 0 Å². The van der Waals surface area contributed by atoms with E-state index in [1.807, 2.05) is 30.3 Å². The number of hydrogen-bond donors (Lipinski definition) is 1. The number of nitrogens with one attached hydrogen (secondary N) is 1. The highest BCUT2D eigenvalue weighted by atomic mass is 16.5. The normalized spacial score (nSPS) is 29.6. The van der Waals surface area contributed by atoms with Crippen molar-refractivity contribution >= 4 is 0 Å². The van der Waals surface area contributed by atoms with Gasteiger partial charge in [0.1, 0.15) is 12.4 Å². The maximum atomic E-state index is 5.95. The lowest BCUT2D eigenvalue weighted by Crippen LogP contribution is -2.37. The van der Waals surface area contributed by atoms with E-state index in [1.54, 1.807) is 0 Å². The Morgan fingerprint density at radius 1 is 1.20 bits per heavy atom. The van der Waals surface area contributed by atoms with Crippen molar-refractivity contribution in [2.45, 2.75) is 45.1 Å². The summed E-state index contributed by atoms with van der Waals surface area (Å²) in [6, 6.07) is 10.7. The number of likely N-dealkylation sites (N-methyl/N-ethyl adjacent to an activating group) is 1. The summed E-state index contributed by atoms with van der Waals surface area (Å²) in [7, 11) is 0. The molecule has 2 bridgehead atoms. The number of fused-ring (bicyclic) bond motifs is 2. The summed E-state index contributed by atoms with van der Waals surface area (Å²) >= 11 is 0. The smallest absolute Gasteiger partial charge is 0.119 e. The van der Waals surface area contributed by atoms with Crippen LogP contribution in [0.4, 0.5) is 0 Å². The summed E-state index contributed by atoms with van der Waals surface area (Å²) in [6.45, 7) is 4.02. The van der Waals surface area contributed by atoms with Gasteiger partial charge in [-0.25, -0.2) is 0 Å². The Bertz CT molecular complexity index is 405. The molecule has 2 aliphatic rings. The van der Waals surface area contributed by atoms with Crippen molar-refractivity contribution < 1.29 is 4.74 Å². The van der Waals surface area contributed by atoms with Gasteiger partial charge < -0.3 is 10.1 Å². The SMILES string of the molecule is CCNC(COc1ccccc1)CC1CC2CCC1C2. The van der Waals surface area contributed by atoms with E-state index in [0.29, 0.717) is 6.04 Å². The van der Waals surface area contributed by atoms with Crippen LogP contribution in [0.3, 0.4) is 0 Å². The van der Waals surface area contributed by atoms with Crippen molar-refractivity contribution in [3.8, 4) is 5.75 Å². The Morgan fingerprint density at radius 2 is 2.05 bits per heavy atom. The van der Waals surface area contributed by atoms with Crippen LogP contribution >= 0.6 is 0 Å². The van der Waals surface area contributed by atoms with Crippen LogP contribution < -0.4 is 10.1 Å². The molecule has 4 atom stereocenters. The van der Waals surface area contributed by atoms with Crippen molar-refractivity contribution in [2.75, 3.05) is 13.2 Å². The van der Waals surface area contributed by atoms with Crippen LogP contribution in [0.1, 0.15) is 39.0 Å². The number of ether oxygens (including phenoxy) is 1. The van der Waals surface area contributed by atoms with Gasteiger partial charge in [-0.15, -0.1) is 0 Å². The predicted molar refractivity (Wildman–Crippen MR) is 83.0 cm³/mol. The molecule has 0 radical (unpaired) electrons. The van der Waals surface area contributed by atoms with E-state index in [4.69, 9.17) is 4.74 Å². The Balaban J connectivity index is 1.50. The van der Waals surface area contributed by atoms with Gasteiger partial charge in [-0.2, -0.15) is 0 Å². The first-order valence-corrected chi connectivity index (χ1v) is 8.26. The summed E-state index contributed by atoms with van der Waals surface area (Å²) in [5, 5.41) is 3.61. The van der Waals surface area contributed by atoms with E-state index in [1.165, 1.54) is 32.1 Å². The molecule has 4 unspecified atom stereocenters. The first kappa shape index (κ1) is 13.9. The van der Waals surface area contributed by atoms with E-state index in [0.717, 1.165) is 36.7 Å². The van der Waals surface area contributed by atoms with Crippen LogP contribution in [-0.2, 0) is 0 Å². The second kappa shape index (κ2) is 6.62. The molecule has 0 amide bonds. The molecule has 1 aromatic rings. The Morgan fingerprint density at radius 3 is 2.70 bits per heavy atom. The van der Waals surface area contributed by atoms with Crippen LogP contribution in [0, 0.1) is 17.8 Å². The van der Waals surface area contributed by atoms with Gasteiger partial charge in [0.05, 0.1) is 0 Å². The van der Waals surface area contributed by atoms with Crippen LogP contribution in [0.25, 0.3) is 0 Å². The van der Waals surface area contributed by atoms with Crippen LogP contribution in [0.5, 0.6) is 5.75 Å². The third-order valence-corrected chi connectivity index (χ3v) is 5.16. The Kier molecular flexibility index (Phi) is 4.62. The van der Waals surface area contributed by atoms with E-state index in [9.17, 15) is 0 Å². The fraction of sp³-hybridized carbons (Fsp3) is 0.667. The van der Waals surface area contributed by atoms with Gasteiger partial charge in [-0.3, -0.25) is 0 Å². The molecule has 0 aliphatic heterocycles. The molecule has 1 aromatic carbocycles. The summed E-state index contributed by atoms with van der Waals surface area (Å²) in [6.07, 6.45) is 7.24. The minimum Gasteiger partial charge on any atom is -0.492 e. The molecule has 0 aromatic heterocycles. The second-order valence-corrected chi connectivity index (χ2v) is 6.55. The van der Waals surface area contributed by atoms with Crippen molar-refractivity contribution in [3.05, 3.63) is 30.3 Å². The maximum absolute atomic E-state index is 5.95. The van der Waals surface area contributed by atoms with E-state index in [-0.39, 0.29) is 0 Å². The minimum atomic E-state index is 0.504. The summed E-state index contributed by atoms with van der Waals surface area (Å²) in [5.41, 5.74) is 0. The lowest BCUT2D eigenvalue weighted by Gasteiger charge is -2.27. The number of benzene rings is 1. The molecule has 110 valence electrons. The quantitative estimate of drug-likeness (QED) is 0.814. The van der Waals surface area contributed by atoms with Crippen LogP contribution in [-0.4, -0.2) is 19.2 Å². The Hall–Kier alpha value is -1.02. The van der Waals surface area contributed by atoms with Crippen molar-refractivity contribution in [2.24, 2.45) is 17.8 Å². The standard InChI is InChI=1S/C18H27NO/c1-2-19-17(13-20-18-6-4-3-5-7-18)12-16-11-14-8-9-15(16)10-14/h3-7,14-17,19H,2,8-13H2,1H3. The molecule has 2 saturated carbocycles. The molecular weight excluding hydrogens is 246 g/mol. The molecule has 2 nitrogen and oxygen atoms in total. The predicted octanol–water partition coefficient (Wildman–Crippen LogP) is 3.87. The van der Waals surface area contributed by atoms with Gasteiger partial charge in [0, 0.05) is 6.04 Å². The van der Waals surface area contributed by atoms with Crippen LogP contribution in [0.2, 0.25) is 0 Å². The zero-order valence-corrected chi connectivity index (χ0v) is 12.6. The molecule has 0 heterocycles. The minimum absolute atomic E-state index is 0.504. The highest BCUT2D eigenvalue weighted by Crippen LogP contribution is 2.49. The lowest BCUT2D eigenvalue weighted by molar-refractivity contribution is 0.213. The third-order valence-electron chi connectivity index (χ3n) is 5.16. The molecule has 20 heavy (non-hydrogen) atoms. The third kappa shape index (κ3) is 3.35. The molecule has 2 aliphatic carbocycles. The molecule has 2 fully saturated rings. The van der Waals surface area contributed by atoms with Gasteiger partial charge >= 0.3 is 0 Å². The van der Waals surface area contributed by atoms with Crippen LogP contribution in [0.15, 0.2) is 30.3 Å². The Labute approximate surface area is 122 Å². The fourth-order valence-electron chi connectivity index (χ4n) is 4.24. The maximum Gasteiger partial charge on any atom is 0.119 e. The molecule has 2 heteroatoms. The summed E-state index contributed by atoms with van der Waals surface area (Å²) in [4.78, 5) is 0. The summed E-state index contributed by atoms with van der Waals surface area (Å²) in [5.74, 6) is 3.99. The topological polar surface area (TPSA) is 21.3 Å². The molecule has 0 saturated heterocycles. The van der Waals surface area contributed by atoms with Gasteiger partial charge in [0.15, 0.2) is 0 Å². The van der Waals surface area contributed by atoms with E-state index in [2.05, 4.69) is 12.2 Å². The van der Waals surface area contributed by atoms with Gasteiger partial charge in [0.25, 0.3) is 0 Å². The van der Waals surface area contributed by atoms with E-state index < -0.39 is 0 Å². The van der Waals surface area contributed by atoms with Gasteiger partial charge in [-0.05, 0) is 62.1 Å². The summed E-state index contributed by atoms with van der Waals surface area (Å²) < 4.78 is 5.95.